The van der Waals surface area contributed by atoms with Crippen LogP contribution in [0.5, 0.6) is 0 Å². The molecule has 0 amide bonds. The number of alkyl halides is 1. The third-order valence-electron chi connectivity index (χ3n) is 3.51. The maximum atomic E-state index is 13.4. The summed E-state index contributed by atoms with van der Waals surface area (Å²) < 4.78 is 14.7. The summed E-state index contributed by atoms with van der Waals surface area (Å²) in [4.78, 5) is 1.37. The first-order chi connectivity index (χ1) is 9.56. The Balaban J connectivity index is 2.10. The van der Waals surface area contributed by atoms with Gasteiger partial charge in [0.05, 0.1) is 4.83 Å². The lowest BCUT2D eigenvalue weighted by Crippen LogP contribution is -1.98. The van der Waals surface area contributed by atoms with Gasteiger partial charge >= 0.3 is 0 Å². The van der Waals surface area contributed by atoms with Crippen LogP contribution in [0.1, 0.15) is 26.4 Å². The average molecular weight is 349 g/mol. The van der Waals surface area contributed by atoms with E-state index in [0.717, 1.165) is 16.7 Å². The maximum absolute atomic E-state index is 13.4. The standard InChI is InChI=1S/C17H14BrFS/c1-10-7-13(19)8-11(2)16(10)17(18)15-9-12-5-3-4-6-14(12)20-15/h3-9,17H,1-2H3. The zero-order chi connectivity index (χ0) is 14.3. The van der Waals surface area contributed by atoms with Gasteiger partial charge in [-0.25, -0.2) is 4.39 Å². The number of fused-ring (bicyclic) bond motifs is 1. The van der Waals surface area contributed by atoms with Gasteiger partial charge in [-0.15, -0.1) is 11.3 Å². The quantitative estimate of drug-likeness (QED) is 0.487. The first-order valence-corrected chi connectivity index (χ1v) is 8.18. The Bertz CT molecular complexity index is 720. The number of rotatable bonds is 2. The Hall–Kier alpha value is -1.19. The molecule has 1 heterocycles. The van der Waals surface area contributed by atoms with Crippen LogP contribution < -0.4 is 0 Å². The van der Waals surface area contributed by atoms with Crippen LogP contribution in [0.3, 0.4) is 0 Å². The molecule has 0 aliphatic rings. The Morgan fingerprint density at radius 2 is 1.70 bits per heavy atom. The van der Waals surface area contributed by atoms with Crippen molar-refractivity contribution in [2.75, 3.05) is 0 Å². The summed E-state index contributed by atoms with van der Waals surface area (Å²) in [6.45, 7) is 3.93. The highest BCUT2D eigenvalue weighted by Gasteiger charge is 2.18. The van der Waals surface area contributed by atoms with Gasteiger partial charge in [0.2, 0.25) is 0 Å². The van der Waals surface area contributed by atoms with E-state index in [2.05, 4.69) is 46.3 Å². The van der Waals surface area contributed by atoms with Crippen LogP contribution in [0.15, 0.2) is 42.5 Å². The van der Waals surface area contributed by atoms with Crippen LogP contribution in [0.25, 0.3) is 10.1 Å². The molecule has 1 atom stereocenters. The largest absolute Gasteiger partial charge is 0.207 e. The third kappa shape index (κ3) is 2.40. The van der Waals surface area contributed by atoms with Gasteiger partial charge in [-0.2, -0.15) is 0 Å². The number of thiophene rings is 1. The molecule has 0 aliphatic carbocycles. The average Bonchev–Trinajstić information content (AvgIpc) is 2.81. The lowest BCUT2D eigenvalue weighted by atomic mass is 9.99. The van der Waals surface area contributed by atoms with Crippen LogP contribution in [0.2, 0.25) is 0 Å². The zero-order valence-electron chi connectivity index (χ0n) is 11.3. The van der Waals surface area contributed by atoms with Crippen molar-refractivity contribution in [2.45, 2.75) is 18.7 Å². The second-order valence-corrected chi connectivity index (χ2v) is 7.03. The van der Waals surface area contributed by atoms with E-state index in [1.165, 1.54) is 15.0 Å². The molecule has 0 aliphatic heterocycles. The van der Waals surface area contributed by atoms with Crippen LogP contribution in [0.4, 0.5) is 4.39 Å². The number of halogens is 2. The Morgan fingerprint density at radius 1 is 1.05 bits per heavy atom. The Labute approximate surface area is 130 Å². The van der Waals surface area contributed by atoms with Crippen LogP contribution >= 0.6 is 27.3 Å². The zero-order valence-corrected chi connectivity index (χ0v) is 13.7. The van der Waals surface area contributed by atoms with Crippen molar-refractivity contribution < 1.29 is 4.39 Å². The van der Waals surface area contributed by atoms with Crippen LogP contribution in [-0.4, -0.2) is 0 Å². The fourth-order valence-corrected chi connectivity index (χ4v) is 4.78. The summed E-state index contributed by atoms with van der Waals surface area (Å²) in [7, 11) is 0. The van der Waals surface area contributed by atoms with Gasteiger partial charge < -0.3 is 0 Å². The van der Waals surface area contributed by atoms with E-state index in [4.69, 9.17) is 0 Å². The van der Waals surface area contributed by atoms with Crippen molar-refractivity contribution in [3.05, 3.63) is 69.8 Å². The molecule has 0 fully saturated rings. The van der Waals surface area contributed by atoms with E-state index in [-0.39, 0.29) is 10.6 Å². The monoisotopic (exact) mass is 348 g/mol. The molecule has 2 aromatic carbocycles. The Morgan fingerprint density at radius 3 is 2.35 bits per heavy atom. The summed E-state index contributed by atoms with van der Waals surface area (Å²) in [6, 6.07) is 13.8. The minimum Gasteiger partial charge on any atom is -0.207 e. The molecule has 1 unspecified atom stereocenters. The van der Waals surface area contributed by atoms with E-state index >= 15 is 0 Å². The fraction of sp³-hybridized carbons (Fsp3) is 0.176. The molecular formula is C17H14BrFS. The van der Waals surface area contributed by atoms with Gasteiger partial charge in [0.15, 0.2) is 0 Å². The SMILES string of the molecule is Cc1cc(F)cc(C)c1C(Br)c1cc2ccccc2s1. The van der Waals surface area contributed by atoms with E-state index in [1.54, 1.807) is 23.5 Å². The second kappa shape index (κ2) is 5.30. The highest BCUT2D eigenvalue weighted by Crippen LogP contribution is 2.40. The summed E-state index contributed by atoms with van der Waals surface area (Å²) in [5.41, 5.74) is 3.14. The molecule has 3 rings (SSSR count). The molecular weight excluding hydrogens is 335 g/mol. The third-order valence-corrected chi connectivity index (χ3v) is 5.94. The topological polar surface area (TPSA) is 0 Å². The van der Waals surface area contributed by atoms with Gasteiger partial charge in [-0.05, 0) is 60.2 Å². The molecule has 0 N–H and O–H groups in total. The van der Waals surface area contributed by atoms with Crippen LogP contribution in [0, 0.1) is 19.7 Å². The minimum atomic E-state index is -0.167. The van der Waals surface area contributed by atoms with E-state index in [9.17, 15) is 4.39 Å². The smallest absolute Gasteiger partial charge is 0.123 e. The van der Waals surface area contributed by atoms with Crippen LogP contribution in [-0.2, 0) is 0 Å². The molecule has 0 nitrogen and oxygen atoms in total. The van der Waals surface area contributed by atoms with Crippen molar-refractivity contribution in [1.29, 1.82) is 0 Å². The van der Waals surface area contributed by atoms with Crippen molar-refractivity contribution >= 4 is 37.4 Å². The van der Waals surface area contributed by atoms with Gasteiger partial charge in [-0.3, -0.25) is 0 Å². The lowest BCUT2D eigenvalue weighted by molar-refractivity contribution is 0.624. The van der Waals surface area contributed by atoms with Gasteiger partial charge in [0.1, 0.15) is 5.82 Å². The highest BCUT2D eigenvalue weighted by atomic mass is 79.9. The number of hydrogen-bond donors (Lipinski definition) is 0. The predicted octanol–water partition coefficient (Wildman–Crippen LogP) is 6.14. The molecule has 0 radical (unpaired) electrons. The second-order valence-electron chi connectivity index (χ2n) is 5.00. The molecule has 3 aromatic rings. The lowest BCUT2D eigenvalue weighted by Gasteiger charge is -2.15. The minimum absolute atomic E-state index is 0.112. The molecule has 102 valence electrons. The van der Waals surface area contributed by atoms with Crippen molar-refractivity contribution in [1.82, 2.24) is 0 Å². The summed E-state index contributed by atoms with van der Waals surface area (Å²) >= 11 is 5.57. The molecule has 1 aromatic heterocycles. The van der Waals surface area contributed by atoms with Gasteiger partial charge in [0.25, 0.3) is 0 Å². The predicted molar refractivity (Wildman–Crippen MR) is 88.5 cm³/mol. The molecule has 20 heavy (non-hydrogen) atoms. The molecule has 3 heteroatoms. The number of aryl methyl sites for hydroxylation is 2. The van der Waals surface area contributed by atoms with Gasteiger partial charge in [0, 0.05) is 9.58 Å². The van der Waals surface area contributed by atoms with E-state index in [0.29, 0.717) is 0 Å². The first-order valence-electron chi connectivity index (χ1n) is 6.45. The van der Waals surface area contributed by atoms with Crippen molar-refractivity contribution in [3.8, 4) is 0 Å². The summed E-state index contributed by atoms with van der Waals surface area (Å²) in [5.74, 6) is -0.167. The fourth-order valence-electron chi connectivity index (χ4n) is 2.59. The summed E-state index contributed by atoms with van der Waals surface area (Å²) in [5, 5.41) is 1.26. The highest BCUT2D eigenvalue weighted by molar-refractivity contribution is 9.09. The molecule has 0 saturated heterocycles. The molecule has 0 spiro atoms. The van der Waals surface area contributed by atoms with E-state index in [1.807, 2.05) is 13.8 Å². The molecule has 0 saturated carbocycles. The molecule has 0 bridgehead atoms. The normalized spacial score (nSPS) is 12.8. The number of hydrogen-bond acceptors (Lipinski definition) is 1. The van der Waals surface area contributed by atoms with Crippen molar-refractivity contribution in [3.63, 3.8) is 0 Å². The maximum Gasteiger partial charge on any atom is 0.123 e. The van der Waals surface area contributed by atoms with E-state index < -0.39 is 0 Å². The van der Waals surface area contributed by atoms with Gasteiger partial charge in [-0.1, -0.05) is 34.1 Å². The Kier molecular flexibility index (Phi) is 3.65. The van der Waals surface area contributed by atoms with Crippen molar-refractivity contribution in [2.24, 2.45) is 0 Å². The number of benzene rings is 2. The summed E-state index contributed by atoms with van der Waals surface area (Å²) in [6.07, 6.45) is 0. The first kappa shape index (κ1) is 13.8.